The first-order valence-corrected chi connectivity index (χ1v) is 7.06. The molecule has 0 atom stereocenters. The molecular formula is C15H17FS. The Morgan fingerprint density at radius 2 is 2.00 bits per heavy atom. The van der Waals surface area contributed by atoms with E-state index in [1.807, 2.05) is 26.2 Å². The van der Waals surface area contributed by atoms with Gasteiger partial charge >= 0.3 is 0 Å². The van der Waals surface area contributed by atoms with Crippen molar-refractivity contribution in [2.75, 3.05) is 6.26 Å². The van der Waals surface area contributed by atoms with Crippen molar-refractivity contribution in [3.05, 3.63) is 46.8 Å². The molecule has 0 aromatic heterocycles. The Morgan fingerprint density at radius 1 is 1.24 bits per heavy atom. The normalized spacial score (nSPS) is 16.1. The van der Waals surface area contributed by atoms with Crippen molar-refractivity contribution in [1.82, 2.24) is 0 Å². The third kappa shape index (κ3) is 2.47. The van der Waals surface area contributed by atoms with E-state index in [1.54, 1.807) is 11.8 Å². The number of hydrogen-bond acceptors (Lipinski definition) is 1. The van der Waals surface area contributed by atoms with Crippen molar-refractivity contribution in [3.63, 3.8) is 0 Å². The molecule has 0 nitrogen and oxygen atoms in total. The van der Waals surface area contributed by atoms with Gasteiger partial charge in [0.25, 0.3) is 0 Å². The molecule has 0 heterocycles. The van der Waals surface area contributed by atoms with E-state index in [4.69, 9.17) is 0 Å². The van der Waals surface area contributed by atoms with Crippen LogP contribution < -0.4 is 0 Å². The van der Waals surface area contributed by atoms with Gasteiger partial charge in [0.05, 0.1) is 0 Å². The van der Waals surface area contributed by atoms with E-state index in [0.717, 1.165) is 35.1 Å². The minimum absolute atomic E-state index is 0.0300. The number of benzene rings is 1. The third-order valence-corrected chi connectivity index (χ3v) is 3.94. The minimum atomic E-state index is -0.0300. The van der Waals surface area contributed by atoms with Gasteiger partial charge in [0.15, 0.2) is 0 Å². The van der Waals surface area contributed by atoms with Gasteiger partial charge in [-0.25, -0.2) is 4.39 Å². The van der Waals surface area contributed by atoms with Crippen molar-refractivity contribution in [2.24, 2.45) is 0 Å². The Kier molecular flexibility index (Phi) is 3.72. The van der Waals surface area contributed by atoms with Gasteiger partial charge in [-0.15, -0.1) is 11.8 Å². The molecule has 1 aromatic rings. The van der Waals surface area contributed by atoms with Crippen LogP contribution >= 0.6 is 11.8 Å². The van der Waals surface area contributed by atoms with Gasteiger partial charge in [0, 0.05) is 10.5 Å². The number of thioether (sulfide) groups is 1. The largest absolute Gasteiger partial charge is 0.206 e. The van der Waals surface area contributed by atoms with E-state index in [9.17, 15) is 4.39 Å². The lowest BCUT2D eigenvalue weighted by molar-refractivity contribution is 0.644. The van der Waals surface area contributed by atoms with E-state index in [1.165, 1.54) is 4.90 Å². The van der Waals surface area contributed by atoms with Crippen molar-refractivity contribution in [2.45, 2.75) is 31.6 Å². The maximum Gasteiger partial charge on any atom is 0.129 e. The Labute approximate surface area is 107 Å². The number of aryl methyl sites for hydroxylation is 1. The van der Waals surface area contributed by atoms with Crippen LogP contribution in [0.2, 0.25) is 0 Å². The van der Waals surface area contributed by atoms with Crippen LogP contribution in [0.15, 0.2) is 40.6 Å². The van der Waals surface area contributed by atoms with Crippen LogP contribution in [0.3, 0.4) is 0 Å². The molecule has 0 unspecified atom stereocenters. The Balaban J connectivity index is 2.50. The summed E-state index contributed by atoms with van der Waals surface area (Å²) in [5.74, 6) is -0.0300. The molecule has 0 N–H and O–H groups in total. The van der Waals surface area contributed by atoms with Crippen LogP contribution in [0, 0.1) is 6.92 Å². The van der Waals surface area contributed by atoms with Gasteiger partial charge in [-0.3, -0.25) is 0 Å². The van der Waals surface area contributed by atoms with E-state index >= 15 is 0 Å². The van der Waals surface area contributed by atoms with Gasteiger partial charge in [0.1, 0.15) is 5.83 Å². The predicted octanol–water partition coefficient (Wildman–Crippen LogP) is 5.14. The predicted molar refractivity (Wildman–Crippen MR) is 74.0 cm³/mol. The van der Waals surface area contributed by atoms with Crippen LogP contribution in [0.5, 0.6) is 0 Å². The second-order valence-corrected chi connectivity index (χ2v) is 5.31. The number of hydrogen-bond donors (Lipinski definition) is 0. The fourth-order valence-electron chi connectivity index (χ4n) is 2.11. The maximum absolute atomic E-state index is 14.1. The molecule has 0 bridgehead atoms. The Hall–Kier alpha value is -1.02. The first-order valence-electron chi connectivity index (χ1n) is 5.84. The molecule has 0 fully saturated rings. The van der Waals surface area contributed by atoms with Gasteiger partial charge in [-0.2, -0.15) is 0 Å². The summed E-state index contributed by atoms with van der Waals surface area (Å²) < 4.78 is 14.1. The molecule has 2 heteroatoms. The van der Waals surface area contributed by atoms with Crippen LogP contribution in [0.25, 0.3) is 5.57 Å². The third-order valence-electron chi connectivity index (χ3n) is 3.21. The molecule has 0 amide bonds. The molecular weight excluding hydrogens is 231 g/mol. The highest BCUT2D eigenvalue weighted by atomic mass is 32.2. The van der Waals surface area contributed by atoms with Crippen molar-refractivity contribution >= 4 is 17.3 Å². The summed E-state index contributed by atoms with van der Waals surface area (Å²) in [5.41, 5.74) is 3.82. The van der Waals surface area contributed by atoms with Crippen molar-refractivity contribution in [3.8, 4) is 0 Å². The van der Waals surface area contributed by atoms with E-state index in [0.29, 0.717) is 0 Å². The maximum atomic E-state index is 14.1. The number of allylic oxidation sites excluding steroid dienone is 4. The monoisotopic (exact) mass is 248 g/mol. The lowest BCUT2D eigenvalue weighted by atomic mass is 9.92. The topological polar surface area (TPSA) is 0 Å². The molecule has 0 radical (unpaired) electrons. The lowest BCUT2D eigenvalue weighted by Gasteiger charge is -2.16. The average Bonchev–Trinajstić information content (AvgIpc) is 2.34. The fraction of sp³-hybridized carbons (Fsp3) is 0.333. The smallest absolute Gasteiger partial charge is 0.129 e. The molecule has 17 heavy (non-hydrogen) atoms. The van der Waals surface area contributed by atoms with E-state index < -0.39 is 0 Å². The van der Waals surface area contributed by atoms with Crippen molar-refractivity contribution < 1.29 is 4.39 Å². The average molecular weight is 248 g/mol. The first-order chi connectivity index (χ1) is 8.13. The zero-order valence-electron chi connectivity index (χ0n) is 10.5. The Morgan fingerprint density at radius 3 is 2.71 bits per heavy atom. The zero-order chi connectivity index (χ0) is 12.4. The Bertz CT molecular complexity index is 498. The van der Waals surface area contributed by atoms with Crippen LogP contribution in [-0.2, 0) is 0 Å². The SMILES string of the molecule is CSc1ccc(C)c(C2=CCCC(C)=C2F)c1. The molecule has 1 aliphatic rings. The van der Waals surface area contributed by atoms with Gasteiger partial charge < -0.3 is 0 Å². The highest BCUT2D eigenvalue weighted by Gasteiger charge is 2.16. The molecule has 0 aliphatic heterocycles. The lowest BCUT2D eigenvalue weighted by Crippen LogP contribution is -1.97. The minimum Gasteiger partial charge on any atom is -0.206 e. The van der Waals surface area contributed by atoms with E-state index in [-0.39, 0.29) is 5.83 Å². The number of halogens is 1. The number of rotatable bonds is 2. The molecule has 0 saturated heterocycles. The van der Waals surface area contributed by atoms with Crippen LogP contribution in [0.1, 0.15) is 30.9 Å². The highest BCUT2D eigenvalue weighted by molar-refractivity contribution is 7.98. The highest BCUT2D eigenvalue weighted by Crippen LogP contribution is 2.35. The molecule has 1 aliphatic carbocycles. The van der Waals surface area contributed by atoms with Crippen molar-refractivity contribution in [1.29, 1.82) is 0 Å². The second-order valence-electron chi connectivity index (χ2n) is 4.43. The van der Waals surface area contributed by atoms with Gasteiger partial charge in [-0.1, -0.05) is 12.1 Å². The van der Waals surface area contributed by atoms with Crippen LogP contribution in [0.4, 0.5) is 4.39 Å². The molecule has 90 valence electrons. The summed E-state index contributed by atoms with van der Waals surface area (Å²) in [6.45, 7) is 3.92. The summed E-state index contributed by atoms with van der Waals surface area (Å²) in [4.78, 5) is 1.18. The molecule has 0 spiro atoms. The fourth-order valence-corrected chi connectivity index (χ4v) is 2.55. The summed E-state index contributed by atoms with van der Waals surface area (Å²) in [6, 6.07) is 6.24. The molecule has 0 saturated carbocycles. The zero-order valence-corrected chi connectivity index (χ0v) is 11.3. The van der Waals surface area contributed by atoms with Crippen LogP contribution in [-0.4, -0.2) is 6.26 Å². The van der Waals surface area contributed by atoms with E-state index in [2.05, 4.69) is 18.2 Å². The first kappa shape index (κ1) is 12.4. The van der Waals surface area contributed by atoms with Gasteiger partial charge in [-0.05, 0) is 61.8 Å². The second kappa shape index (κ2) is 5.09. The molecule has 2 rings (SSSR count). The molecule has 1 aromatic carbocycles. The standard InChI is InChI=1S/C15H17FS/c1-10-7-8-12(17-3)9-14(10)13-6-4-5-11(2)15(13)16/h6-9H,4-5H2,1-3H3. The van der Waals surface area contributed by atoms with Gasteiger partial charge in [0.2, 0.25) is 0 Å². The quantitative estimate of drug-likeness (QED) is 0.653. The summed E-state index contributed by atoms with van der Waals surface area (Å²) in [5, 5.41) is 0. The summed E-state index contributed by atoms with van der Waals surface area (Å²) in [6.07, 6.45) is 5.85. The summed E-state index contributed by atoms with van der Waals surface area (Å²) >= 11 is 1.69. The summed E-state index contributed by atoms with van der Waals surface area (Å²) in [7, 11) is 0.